The first kappa shape index (κ1) is 25.5. The summed E-state index contributed by atoms with van der Waals surface area (Å²) in [7, 11) is 0. The summed E-state index contributed by atoms with van der Waals surface area (Å²) in [5.41, 5.74) is 6.50. The van der Waals surface area contributed by atoms with Crippen molar-refractivity contribution in [2.45, 2.75) is 57.5 Å². The fourth-order valence-corrected chi connectivity index (χ4v) is 6.19. The van der Waals surface area contributed by atoms with E-state index in [2.05, 4.69) is 50.5 Å². The van der Waals surface area contributed by atoms with E-state index >= 15 is 0 Å². The van der Waals surface area contributed by atoms with Crippen LogP contribution in [-0.2, 0) is 10.2 Å². The summed E-state index contributed by atoms with van der Waals surface area (Å²) < 4.78 is 5.52. The monoisotopic (exact) mass is 527 g/mol. The molecule has 204 valence electrons. The molecule has 1 aliphatic carbocycles. The number of fused-ring (bicyclic) bond motifs is 2. The summed E-state index contributed by atoms with van der Waals surface area (Å²) in [6.45, 7) is 9.20. The standard InChI is InChI=1S/C31H37N5O3/c1-30(2,3)39-29(38)36-16-14-35(15-17-36)23-8-6-21(7-9-23)25-18-22(10-13-32-25)26-19-24-27(34-26)31(11-4-5-12-31)20-33-28(24)37/h6-10,13,18-19,34H,4-5,11-12,14-17,20H2,1-3H3,(H,33,37). The molecule has 1 saturated carbocycles. The number of ether oxygens (including phenoxy) is 1. The molecule has 2 fully saturated rings. The highest BCUT2D eigenvalue weighted by Crippen LogP contribution is 2.44. The van der Waals surface area contributed by atoms with E-state index in [1.807, 2.05) is 39.1 Å². The lowest BCUT2D eigenvalue weighted by Gasteiger charge is -2.36. The Hall–Kier alpha value is -3.81. The van der Waals surface area contributed by atoms with Gasteiger partial charge in [0.25, 0.3) is 5.91 Å². The topological polar surface area (TPSA) is 90.6 Å². The average Bonchev–Trinajstić information content (AvgIpc) is 3.60. The van der Waals surface area contributed by atoms with Gasteiger partial charge in [0.1, 0.15) is 5.60 Å². The minimum Gasteiger partial charge on any atom is -0.444 e. The van der Waals surface area contributed by atoms with Crippen LogP contribution in [0.3, 0.4) is 0 Å². The highest BCUT2D eigenvalue weighted by atomic mass is 16.6. The zero-order valence-electron chi connectivity index (χ0n) is 23.0. The molecule has 0 atom stereocenters. The molecular formula is C31H37N5O3. The van der Waals surface area contributed by atoms with Crippen molar-refractivity contribution in [2.24, 2.45) is 0 Å². The van der Waals surface area contributed by atoms with Gasteiger partial charge in [-0.3, -0.25) is 9.78 Å². The van der Waals surface area contributed by atoms with Gasteiger partial charge in [0.05, 0.1) is 11.3 Å². The minimum atomic E-state index is -0.484. The predicted octanol–water partition coefficient (Wildman–Crippen LogP) is 5.36. The van der Waals surface area contributed by atoms with Gasteiger partial charge in [-0.05, 0) is 63.9 Å². The van der Waals surface area contributed by atoms with E-state index in [0.29, 0.717) is 13.1 Å². The van der Waals surface area contributed by atoms with Crippen molar-refractivity contribution in [3.8, 4) is 22.5 Å². The molecular weight excluding hydrogens is 490 g/mol. The quantitative estimate of drug-likeness (QED) is 0.479. The van der Waals surface area contributed by atoms with Crippen molar-refractivity contribution in [3.05, 3.63) is 59.9 Å². The lowest BCUT2D eigenvalue weighted by atomic mass is 9.78. The van der Waals surface area contributed by atoms with Crippen molar-refractivity contribution in [3.63, 3.8) is 0 Å². The number of H-pyrrole nitrogens is 1. The summed E-state index contributed by atoms with van der Waals surface area (Å²) in [6.07, 6.45) is 6.23. The van der Waals surface area contributed by atoms with Gasteiger partial charge in [0.2, 0.25) is 0 Å². The average molecular weight is 528 g/mol. The smallest absolute Gasteiger partial charge is 0.410 e. The van der Waals surface area contributed by atoms with E-state index in [-0.39, 0.29) is 17.4 Å². The summed E-state index contributed by atoms with van der Waals surface area (Å²) in [5, 5.41) is 3.12. The van der Waals surface area contributed by atoms with Crippen LogP contribution in [-0.4, -0.2) is 65.2 Å². The van der Waals surface area contributed by atoms with Gasteiger partial charge in [-0.1, -0.05) is 25.0 Å². The fraction of sp³-hybridized carbons (Fsp3) is 0.452. The Bertz CT molecular complexity index is 1370. The van der Waals surface area contributed by atoms with Crippen LogP contribution in [0.4, 0.5) is 10.5 Å². The van der Waals surface area contributed by atoms with Crippen molar-refractivity contribution >= 4 is 17.7 Å². The van der Waals surface area contributed by atoms with Crippen LogP contribution in [0.15, 0.2) is 48.7 Å². The third-order valence-electron chi connectivity index (χ3n) is 8.27. The summed E-state index contributed by atoms with van der Waals surface area (Å²) >= 11 is 0. The number of aromatic nitrogens is 2. The molecule has 1 aromatic carbocycles. The molecule has 0 unspecified atom stereocenters. The Balaban J connectivity index is 1.16. The second-order valence-electron chi connectivity index (χ2n) is 12.1. The number of pyridine rings is 1. The number of amides is 2. The van der Waals surface area contributed by atoms with E-state index in [1.165, 1.54) is 12.8 Å². The maximum Gasteiger partial charge on any atom is 0.410 e. The third kappa shape index (κ3) is 5.00. The first-order valence-electron chi connectivity index (χ1n) is 14.0. The van der Waals surface area contributed by atoms with Gasteiger partial charge in [0.15, 0.2) is 0 Å². The van der Waals surface area contributed by atoms with Gasteiger partial charge in [-0.25, -0.2) is 4.79 Å². The molecule has 6 rings (SSSR count). The van der Waals surface area contributed by atoms with E-state index < -0.39 is 5.60 Å². The van der Waals surface area contributed by atoms with Crippen LogP contribution in [0.5, 0.6) is 0 Å². The lowest BCUT2D eigenvalue weighted by molar-refractivity contribution is 0.0240. The Morgan fingerprint density at radius 1 is 0.974 bits per heavy atom. The Morgan fingerprint density at radius 3 is 2.38 bits per heavy atom. The van der Waals surface area contributed by atoms with Gasteiger partial charge in [0, 0.05) is 72.5 Å². The second-order valence-corrected chi connectivity index (χ2v) is 12.1. The SMILES string of the molecule is CC(C)(C)OC(=O)N1CCN(c2ccc(-c3cc(-c4cc5c([nH]4)C4(CCCC4)CNC5=O)ccn3)cc2)CC1. The molecule has 4 heterocycles. The molecule has 3 aromatic rings. The molecule has 8 heteroatoms. The zero-order chi connectivity index (χ0) is 27.2. The summed E-state index contributed by atoms with van der Waals surface area (Å²) in [6, 6.07) is 14.5. The number of nitrogens with zero attached hydrogens (tertiary/aromatic N) is 3. The van der Waals surface area contributed by atoms with Crippen LogP contribution in [0.1, 0.15) is 62.5 Å². The first-order valence-corrected chi connectivity index (χ1v) is 14.0. The number of piperazine rings is 1. The highest BCUT2D eigenvalue weighted by molar-refractivity contribution is 5.98. The molecule has 2 amide bonds. The van der Waals surface area contributed by atoms with E-state index in [1.54, 1.807) is 4.90 Å². The summed E-state index contributed by atoms with van der Waals surface area (Å²) in [4.78, 5) is 37.4. The number of benzene rings is 1. The fourth-order valence-electron chi connectivity index (χ4n) is 6.19. The normalized spacial score (nSPS) is 18.7. The molecule has 0 radical (unpaired) electrons. The van der Waals surface area contributed by atoms with Gasteiger partial charge >= 0.3 is 6.09 Å². The van der Waals surface area contributed by atoms with Crippen LogP contribution in [0.2, 0.25) is 0 Å². The van der Waals surface area contributed by atoms with Crippen molar-refractivity contribution in [2.75, 3.05) is 37.6 Å². The highest BCUT2D eigenvalue weighted by Gasteiger charge is 2.43. The van der Waals surface area contributed by atoms with Gasteiger partial charge < -0.3 is 24.8 Å². The molecule has 1 saturated heterocycles. The maximum absolute atomic E-state index is 12.7. The minimum absolute atomic E-state index is 0.0156. The van der Waals surface area contributed by atoms with Crippen molar-refractivity contribution in [1.82, 2.24) is 20.2 Å². The molecule has 2 aliphatic heterocycles. The number of anilines is 1. The molecule has 8 nitrogen and oxygen atoms in total. The Labute approximate surface area is 229 Å². The van der Waals surface area contributed by atoms with Crippen LogP contribution in [0, 0.1) is 0 Å². The van der Waals surface area contributed by atoms with E-state index in [4.69, 9.17) is 4.74 Å². The number of nitrogens with one attached hydrogen (secondary N) is 2. The van der Waals surface area contributed by atoms with Gasteiger partial charge in [-0.15, -0.1) is 0 Å². The van der Waals surface area contributed by atoms with Crippen LogP contribution < -0.4 is 10.2 Å². The van der Waals surface area contributed by atoms with E-state index in [9.17, 15) is 9.59 Å². The number of aromatic amines is 1. The molecule has 3 aliphatic rings. The number of hydrogen-bond donors (Lipinski definition) is 2. The Morgan fingerprint density at radius 2 is 1.69 bits per heavy atom. The third-order valence-corrected chi connectivity index (χ3v) is 8.27. The van der Waals surface area contributed by atoms with Crippen molar-refractivity contribution < 1.29 is 14.3 Å². The molecule has 0 bridgehead atoms. The number of rotatable bonds is 3. The number of carbonyl (C=O) groups is 2. The zero-order valence-corrected chi connectivity index (χ0v) is 23.0. The van der Waals surface area contributed by atoms with Crippen molar-refractivity contribution in [1.29, 1.82) is 0 Å². The largest absolute Gasteiger partial charge is 0.444 e. The summed E-state index contributed by atoms with van der Waals surface area (Å²) in [5.74, 6) is 0.0156. The Kier molecular flexibility index (Phi) is 6.36. The van der Waals surface area contributed by atoms with E-state index in [0.717, 1.165) is 71.9 Å². The van der Waals surface area contributed by atoms with Crippen LogP contribution >= 0.6 is 0 Å². The molecule has 1 spiro atoms. The first-order chi connectivity index (χ1) is 18.7. The molecule has 2 aromatic heterocycles. The predicted molar refractivity (Wildman–Crippen MR) is 152 cm³/mol. The lowest BCUT2D eigenvalue weighted by Crippen LogP contribution is -2.50. The molecule has 2 N–H and O–H groups in total. The second kappa shape index (κ2) is 9.74. The van der Waals surface area contributed by atoms with Crippen LogP contribution in [0.25, 0.3) is 22.5 Å². The molecule has 39 heavy (non-hydrogen) atoms. The number of carbonyl (C=O) groups excluding carboxylic acids is 2. The maximum atomic E-state index is 12.7. The number of hydrogen-bond acceptors (Lipinski definition) is 5. The van der Waals surface area contributed by atoms with Gasteiger partial charge in [-0.2, -0.15) is 0 Å².